The van der Waals surface area contributed by atoms with E-state index in [1.54, 1.807) is 0 Å². The third-order valence-electron chi connectivity index (χ3n) is 4.29. The van der Waals surface area contributed by atoms with Gasteiger partial charge >= 0.3 is 0 Å². The summed E-state index contributed by atoms with van der Waals surface area (Å²) in [4.78, 5) is 0. The zero-order valence-electron chi connectivity index (χ0n) is 12.3. The van der Waals surface area contributed by atoms with Gasteiger partial charge in [0.1, 0.15) is 0 Å². The van der Waals surface area contributed by atoms with Crippen LogP contribution in [0.3, 0.4) is 0 Å². The van der Waals surface area contributed by atoms with Gasteiger partial charge in [0.05, 0.1) is 0 Å². The molecule has 17 heavy (non-hydrogen) atoms. The van der Waals surface area contributed by atoms with E-state index in [9.17, 15) is 0 Å². The van der Waals surface area contributed by atoms with Crippen molar-refractivity contribution in [3.8, 4) is 0 Å². The average molecular weight is 239 g/mol. The van der Waals surface area contributed by atoms with Crippen molar-refractivity contribution in [2.24, 2.45) is 5.92 Å². The van der Waals surface area contributed by atoms with Gasteiger partial charge in [0, 0.05) is 12.1 Å². The van der Waals surface area contributed by atoms with Crippen LogP contribution >= 0.6 is 0 Å². The molecule has 0 unspecified atom stereocenters. The Kier molecular flexibility index (Phi) is 7.92. The van der Waals surface area contributed by atoms with E-state index < -0.39 is 0 Å². The summed E-state index contributed by atoms with van der Waals surface area (Å²) in [5, 5.41) is 3.92. The second-order valence-electron chi connectivity index (χ2n) is 5.95. The molecule has 1 saturated carbocycles. The van der Waals surface area contributed by atoms with Crippen LogP contribution in [0.2, 0.25) is 0 Å². The van der Waals surface area contributed by atoms with Crippen molar-refractivity contribution in [3.05, 3.63) is 0 Å². The van der Waals surface area contributed by atoms with Gasteiger partial charge in [-0.05, 0) is 44.4 Å². The summed E-state index contributed by atoms with van der Waals surface area (Å²) in [6.45, 7) is 6.94. The summed E-state index contributed by atoms with van der Waals surface area (Å²) < 4.78 is 0. The molecule has 1 fully saturated rings. The Bertz CT molecular complexity index is 164. The molecule has 102 valence electrons. The van der Waals surface area contributed by atoms with Crippen LogP contribution in [-0.2, 0) is 0 Å². The van der Waals surface area contributed by atoms with Gasteiger partial charge in [0.25, 0.3) is 0 Å². The summed E-state index contributed by atoms with van der Waals surface area (Å²) in [6.07, 6.45) is 14.0. The van der Waals surface area contributed by atoms with E-state index in [0.717, 1.165) is 18.0 Å². The van der Waals surface area contributed by atoms with Crippen LogP contribution in [0.4, 0.5) is 0 Å². The molecule has 1 rings (SSSR count). The van der Waals surface area contributed by atoms with Gasteiger partial charge < -0.3 is 5.32 Å². The molecular weight excluding hydrogens is 206 g/mol. The summed E-state index contributed by atoms with van der Waals surface area (Å²) >= 11 is 0. The van der Waals surface area contributed by atoms with Crippen LogP contribution in [0.5, 0.6) is 0 Å². The third kappa shape index (κ3) is 5.90. The molecule has 0 saturated heterocycles. The standard InChI is InChI=1S/C16H33N/c1-4-7-14-10-12-16(13-11-14)17-15(8-5-2)9-6-3/h14-17H,4-13H2,1-3H3. The Morgan fingerprint density at radius 1 is 0.882 bits per heavy atom. The summed E-state index contributed by atoms with van der Waals surface area (Å²) in [7, 11) is 0. The fourth-order valence-corrected chi connectivity index (χ4v) is 3.37. The minimum atomic E-state index is 0.790. The van der Waals surface area contributed by atoms with E-state index in [-0.39, 0.29) is 0 Å². The second-order valence-corrected chi connectivity index (χ2v) is 5.95. The first-order chi connectivity index (χ1) is 8.30. The zero-order chi connectivity index (χ0) is 12.5. The first-order valence-electron chi connectivity index (χ1n) is 8.06. The van der Waals surface area contributed by atoms with Gasteiger partial charge in [-0.15, -0.1) is 0 Å². The van der Waals surface area contributed by atoms with Crippen LogP contribution in [0.25, 0.3) is 0 Å². The van der Waals surface area contributed by atoms with Crippen molar-refractivity contribution in [2.75, 3.05) is 0 Å². The SMILES string of the molecule is CCCC1CCC(NC(CCC)CCC)CC1. The van der Waals surface area contributed by atoms with E-state index in [4.69, 9.17) is 0 Å². The lowest BCUT2D eigenvalue weighted by Gasteiger charge is -2.32. The highest BCUT2D eigenvalue weighted by atomic mass is 14.9. The third-order valence-corrected chi connectivity index (χ3v) is 4.29. The molecule has 0 aromatic rings. The lowest BCUT2D eigenvalue weighted by molar-refractivity contribution is 0.254. The molecule has 0 radical (unpaired) electrons. The smallest absolute Gasteiger partial charge is 0.00698 e. The highest BCUT2D eigenvalue weighted by molar-refractivity contribution is 4.80. The maximum absolute atomic E-state index is 3.92. The van der Waals surface area contributed by atoms with E-state index in [1.807, 2.05) is 0 Å². The second kappa shape index (κ2) is 8.97. The lowest BCUT2D eigenvalue weighted by atomic mass is 9.83. The van der Waals surface area contributed by atoms with E-state index in [1.165, 1.54) is 64.2 Å². The van der Waals surface area contributed by atoms with Crippen LogP contribution < -0.4 is 5.32 Å². The highest BCUT2D eigenvalue weighted by Crippen LogP contribution is 2.28. The van der Waals surface area contributed by atoms with E-state index >= 15 is 0 Å². The van der Waals surface area contributed by atoms with E-state index in [0.29, 0.717) is 0 Å². The Morgan fingerprint density at radius 3 is 1.94 bits per heavy atom. The van der Waals surface area contributed by atoms with Gasteiger partial charge in [-0.25, -0.2) is 0 Å². The number of nitrogens with one attached hydrogen (secondary N) is 1. The number of hydrogen-bond acceptors (Lipinski definition) is 1. The molecule has 0 spiro atoms. The molecule has 0 aliphatic heterocycles. The summed E-state index contributed by atoms with van der Waals surface area (Å²) in [5.41, 5.74) is 0. The van der Waals surface area contributed by atoms with Gasteiger partial charge in [-0.1, -0.05) is 46.5 Å². The highest BCUT2D eigenvalue weighted by Gasteiger charge is 2.22. The van der Waals surface area contributed by atoms with Crippen molar-refractivity contribution in [2.45, 2.75) is 97.1 Å². The van der Waals surface area contributed by atoms with Crippen molar-refractivity contribution in [3.63, 3.8) is 0 Å². The van der Waals surface area contributed by atoms with Crippen LogP contribution in [0.1, 0.15) is 85.0 Å². The van der Waals surface area contributed by atoms with Crippen molar-refractivity contribution in [1.29, 1.82) is 0 Å². The molecule has 1 aliphatic rings. The largest absolute Gasteiger partial charge is 0.311 e. The van der Waals surface area contributed by atoms with Crippen LogP contribution in [0.15, 0.2) is 0 Å². The zero-order valence-corrected chi connectivity index (χ0v) is 12.3. The molecule has 0 bridgehead atoms. The maximum atomic E-state index is 3.92. The Morgan fingerprint density at radius 2 is 1.47 bits per heavy atom. The summed E-state index contributed by atoms with van der Waals surface area (Å²) in [6, 6.07) is 1.61. The Hall–Kier alpha value is -0.0400. The number of hydrogen-bond donors (Lipinski definition) is 1. The number of rotatable bonds is 8. The van der Waals surface area contributed by atoms with Crippen LogP contribution in [-0.4, -0.2) is 12.1 Å². The van der Waals surface area contributed by atoms with Gasteiger partial charge in [0.2, 0.25) is 0 Å². The maximum Gasteiger partial charge on any atom is 0.00698 e. The van der Waals surface area contributed by atoms with Crippen molar-refractivity contribution < 1.29 is 0 Å². The minimum absolute atomic E-state index is 0.790. The molecule has 1 aliphatic carbocycles. The normalized spacial score (nSPS) is 25.4. The Labute approximate surface area is 109 Å². The van der Waals surface area contributed by atoms with Gasteiger partial charge in [0.15, 0.2) is 0 Å². The molecule has 0 amide bonds. The molecule has 0 aromatic carbocycles. The van der Waals surface area contributed by atoms with Crippen molar-refractivity contribution in [1.82, 2.24) is 5.32 Å². The summed E-state index contributed by atoms with van der Waals surface area (Å²) in [5.74, 6) is 1.04. The molecular formula is C16H33N. The minimum Gasteiger partial charge on any atom is -0.311 e. The van der Waals surface area contributed by atoms with Crippen LogP contribution in [0, 0.1) is 5.92 Å². The molecule has 1 heteroatoms. The van der Waals surface area contributed by atoms with Gasteiger partial charge in [-0.3, -0.25) is 0 Å². The Balaban J connectivity index is 2.22. The monoisotopic (exact) mass is 239 g/mol. The first kappa shape index (κ1) is 15.0. The topological polar surface area (TPSA) is 12.0 Å². The molecule has 0 heterocycles. The molecule has 0 atom stereocenters. The predicted molar refractivity (Wildman–Crippen MR) is 77.4 cm³/mol. The fourth-order valence-electron chi connectivity index (χ4n) is 3.37. The molecule has 0 aromatic heterocycles. The van der Waals surface area contributed by atoms with E-state index in [2.05, 4.69) is 26.1 Å². The van der Waals surface area contributed by atoms with Gasteiger partial charge in [-0.2, -0.15) is 0 Å². The fraction of sp³-hybridized carbons (Fsp3) is 1.00. The predicted octanol–water partition coefficient (Wildman–Crippen LogP) is 4.90. The average Bonchev–Trinajstić information content (AvgIpc) is 2.33. The quantitative estimate of drug-likeness (QED) is 0.635. The first-order valence-corrected chi connectivity index (χ1v) is 8.06. The molecule has 1 N–H and O–H groups in total. The molecule has 1 nitrogen and oxygen atoms in total. The lowest BCUT2D eigenvalue weighted by Crippen LogP contribution is -2.40. The van der Waals surface area contributed by atoms with Crippen molar-refractivity contribution >= 4 is 0 Å².